The highest BCUT2D eigenvalue weighted by atomic mass is 16.6. The number of hydrogen-bond acceptors (Lipinski definition) is 9. The van der Waals surface area contributed by atoms with Gasteiger partial charge in [-0.3, -0.25) is 9.36 Å². The molecule has 11 heteroatoms. The summed E-state index contributed by atoms with van der Waals surface area (Å²) in [6.45, 7) is -0.390. The van der Waals surface area contributed by atoms with Gasteiger partial charge < -0.3 is 31.5 Å². The zero-order chi connectivity index (χ0) is 21.7. The Balaban J connectivity index is 0.000000199. The summed E-state index contributed by atoms with van der Waals surface area (Å²) in [5.74, 6) is -0.204. The van der Waals surface area contributed by atoms with E-state index >= 15 is 0 Å². The minimum absolute atomic E-state index is 0.218. The third kappa shape index (κ3) is 4.60. The lowest BCUT2D eigenvalue weighted by molar-refractivity contribution is -0.113. The number of nitrogens with two attached hydrogens (primary N) is 2. The Kier molecular flexibility index (Phi) is 6.69. The van der Waals surface area contributed by atoms with Gasteiger partial charge in [0.05, 0.1) is 12.9 Å². The summed E-state index contributed by atoms with van der Waals surface area (Å²) in [4.78, 5) is 22.2. The van der Waals surface area contributed by atoms with E-state index in [0.717, 1.165) is 5.56 Å². The quantitative estimate of drug-likeness (QED) is 0.341. The van der Waals surface area contributed by atoms with Gasteiger partial charge in [-0.2, -0.15) is 0 Å². The van der Waals surface area contributed by atoms with Gasteiger partial charge in [-0.25, -0.2) is 15.0 Å². The molecule has 0 aliphatic carbocycles. The summed E-state index contributed by atoms with van der Waals surface area (Å²) in [6, 6.07) is 9.53. The molecular weight excluding hydrogens is 392 g/mol. The maximum atomic E-state index is 10.3. The molecule has 4 rings (SSSR count). The van der Waals surface area contributed by atoms with Gasteiger partial charge in [0.2, 0.25) is 5.91 Å². The Morgan fingerprint density at radius 1 is 1.17 bits per heavy atom. The fraction of sp³-hybridized carbons (Fsp3) is 0.263. The molecule has 0 unspecified atom stereocenters. The lowest BCUT2D eigenvalue weighted by atomic mass is 10.1. The van der Waals surface area contributed by atoms with E-state index in [1.165, 1.54) is 23.3 Å². The molecule has 0 bridgehead atoms. The smallest absolute Gasteiger partial charge is 0.241 e. The highest BCUT2D eigenvalue weighted by molar-refractivity contribution is 5.90. The first kappa shape index (κ1) is 21.3. The van der Waals surface area contributed by atoms with Crippen LogP contribution in [0.25, 0.3) is 17.2 Å². The predicted molar refractivity (Wildman–Crippen MR) is 107 cm³/mol. The van der Waals surface area contributed by atoms with Crippen LogP contribution in [-0.2, 0) is 9.53 Å². The van der Waals surface area contributed by atoms with E-state index in [2.05, 4.69) is 15.0 Å². The van der Waals surface area contributed by atoms with Crippen LogP contribution in [0, 0.1) is 0 Å². The fourth-order valence-electron chi connectivity index (χ4n) is 2.91. The van der Waals surface area contributed by atoms with Crippen molar-refractivity contribution in [3.63, 3.8) is 0 Å². The van der Waals surface area contributed by atoms with Crippen LogP contribution < -0.4 is 11.5 Å². The van der Waals surface area contributed by atoms with Crippen molar-refractivity contribution >= 4 is 29.0 Å². The van der Waals surface area contributed by atoms with Crippen LogP contribution in [0.2, 0.25) is 0 Å². The van der Waals surface area contributed by atoms with Gasteiger partial charge in [0.1, 0.15) is 30.2 Å². The molecule has 1 aliphatic heterocycles. The van der Waals surface area contributed by atoms with Crippen LogP contribution in [0.1, 0.15) is 11.8 Å². The molecule has 7 N–H and O–H groups in total. The summed E-state index contributed by atoms with van der Waals surface area (Å²) < 4.78 is 6.85. The normalized spacial score (nSPS) is 23.4. The van der Waals surface area contributed by atoms with Crippen molar-refractivity contribution in [1.29, 1.82) is 0 Å². The molecule has 1 aromatic carbocycles. The second-order valence-corrected chi connectivity index (χ2v) is 6.46. The Bertz CT molecular complexity index is 1020. The summed E-state index contributed by atoms with van der Waals surface area (Å²) >= 11 is 0. The lowest BCUT2D eigenvalue weighted by Gasteiger charge is -2.16. The topological polar surface area (TPSA) is 183 Å². The Morgan fingerprint density at radius 3 is 2.53 bits per heavy atom. The monoisotopic (exact) mass is 414 g/mol. The van der Waals surface area contributed by atoms with Crippen LogP contribution in [-0.4, -0.2) is 65.7 Å². The Labute approximate surface area is 171 Å². The SMILES string of the molecule is NC(=O)/C=C/c1ccccc1.Nc1ncnc2c1ncn2[C@@H]1O[C@H](CO)[C@@H](O)[C@H]1O. The number of aliphatic hydroxyl groups is 3. The van der Waals surface area contributed by atoms with Crippen LogP contribution in [0.15, 0.2) is 49.1 Å². The Hall–Kier alpha value is -3.38. The average Bonchev–Trinajstić information content (AvgIpc) is 3.30. The number of carbonyl (C=O) groups excluding carboxylic acids is 1. The number of ether oxygens (including phenoxy) is 1. The molecule has 1 amide bonds. The number of aliphatic hydroxyl groups excluding tert-OH is 3. The third-order valence-electron chi connectivity index (χ3n) is 4.42. The van der Waals surface area contributed by atoms with Crippen molar-refractivity contribution in [2.45, 2.75) is 24.5 Å². The number of aromatic nitrogens is 4. The fourth-order valence-corrected chi connectivity index (χ4v) is 2.91. The zero-order valence-corrected chi connectivity index (χ0v) is 15.8. The second kappa shape index (κ2) is 9.41. The molecule has 30 heavy (non-hydrogen) atoms. The number of nitrogens with zero attached hydrogens (tertiary/aromatic N) is 4. The molecule has 11 nitrogen and oxygen atoms in total. The first-order valence-corrected chi connectivity index (χ1v) is 9.00. The number of hydrogen-bond donors (Lipinski definition) is 5. The molecule has 158 valence electrons. The second-order valence-electron chi connectivity index (χ2n) is 6.46. The third-order valence-corrected chi connectivity index (χ3v) is 4.42. The number of nitrogen functional groups attached to an aromatic ring is 1. The van der Waals surface area contributed by atoms with E-state index in [1.54, 1.807) is 6.08 Å². The molecule has 1 fully saturated rings. The molecule has 0 spiro atoms. The van der Waals surface area contributed by atoms with Crippen molar-refractivity contribution in [3.8, 4) is 0 Å². The zero-order valence-electron chi connectivity index (χ0n) is 15.8. The van der Waals surface area contributed by atoms with Crippen molar-refractivity contribution in [1.82, 2.24) is 19.5 Å². The van der Waals surface area contributed by atoms with Gasteiger partial charge >= 0.3 is 0 Å². The highest BCUT2D eigenvalue weighted by Crippen LogP contribution is 2.31. The average molecular weight is 414 g/mol. The molecule has 0 saturated carbocycles. The van der Waals surface area contributed by atoms with Crippen LogP contribution >= 0.6 is 0 Å². The highest BCUT2D eigenvalue weighted by Gasteiger charge is 2.43. The number of imidazole rings is 1. The Morgan fingerprint density at radius 2 is 1.90 bits per heavy atom. The van der Waals surface area contributed by atoms with E-state index in [0.29, 0.717) is 11.2 Å². The molecule has 4 atom stereocenters. The number of amides is 1. The predicted octanol–water partition coefficient (Wildman–Crippen LogP) is -0.795. The molecule has 3 heterocycles. The van der Waals surface area contributed by atoms with E-state index in [9.17, 15) is 15.0 Å². The van der Waals surface area contributed by atoms with Crippen molar-refractivity contribution in [2.24, 2.45) is 5.73 Å². The van der Waals surface area contributed by atoms with E-state index in [4.69, 9.17) is 21.3 Å². The summed E-state index contributed by atoms with van der Waals surface area (Å²) in [6.07, 6.45) is 1.60. The maximum absolute atomic E-state index is 10.3. The standard InChI is InChI=1S/C10H13N5O4.C9H9NO/c11-8-5-9(13-2-12-8)15(3-14-5)10-7(18)6(17)4(1-16)19-10;10-9(11)7-6-8-4-2-1-3-5-8/h2-4,6-7,10,16-18H,1H2,(H2,11,12,13);1-7H,(H2,10,11)/b;7-6+/t4-,6-,7-,10-;/m1./s1. The minimum atomic E-state index is -1.19. The van der Waals surface area contributed by atoms with Gasteiger partial charge in [0.15, 0.2) is 17.7 Å². The maximum Gasteiger partial charge on any atom is 0.241 e. The minimum Gasteiger partial charge on any atom is -0.394 e. The van der Waals surface area contributed by atoms with E-state index in [1.807, 2.05) is 30.3 Å². The summed E-state index contributed by atoms with van der Waals surface area (Å²) in [5, 5.41) is 28.7. The molecule has 1 saturated heterocycles. The van der Waals surface area contributed by atoms with Gasteiger partial charge in [0.25, 0.3) is 0 Å². The molecule has 3 aromatic rings. The first-order valence-electron chi connectivity index (χ1n) is 9.00. The number of primary amides is 1. The lowest BCUT2D eigenvalue weighted by Crippen LogP contribution is -2.33. The first-order chi connectivity index (χ1) is 14.4. The summed E-state index contributed by atoms with van der Waals surface area (Å²) in [5.41, 5.74) is 12.3. The van der Waals surface area contributed by atoms with Gasteiger partial charge in [-0.15, -0.1) is 0 Å². The van der Waals surface area contributed by atoms with E-state index < -0.39 is 37.1 Å². The molecule has 1 aliphatic rings. The van der Waals surface area contributed by atoms with Crippen molar-refractivity contribution in [2.75, 3.05) is 12.3 Å². The molecule has 2 aromatic heterocycles. The number of rotatable bonds is 4. The van der Waals surface area contributed by atoms with Gasteiger partial charge in [0, 0.05) is 6.08 Å². The van der Waals surface area contributed by atoms with E-state index in [-0.39, 0.29) is 5.82 Å². The molecule has 0 radical (unpaired) electrons. The number of carbonyl (C=O) groups is 1. The van der Waals surface area contributed by atoms with Crippen molar-refractivity contribution < 1.29 is 24.9 Å². The van der Waals surface area contributed by atoms with Gasteiger partial charge in [-0.1, -0.05) is 30.3 Å². The van der Waals surface area contributed by atoms with Crippen molar-refractivity contribution in [3.05, 3.63) is 54.6 Å². The van der Waals surface area contributed by atoms with Crippen LogP contribution in [0.5, 0.6) is 0 Å². The largest absolute Gasteiger partial charge is 0.394 e. The molecular formula is C19H22N6O5. The number of anilines is 1. The van der Waals surface area contributed by atoms with Gasteiger partial charge in [-0.05, 0) is 11.6 Å². The number of benzene rings is 1. The number of fused-ring (bicyclic) bond motifs is 1. The summed E-state index contributed by atoms with van der Waals surface area (Å²) in [7, 11) is 0. The van der Waals surface area contributed by atoms with Crippen LogP contribution in [0.4, 0.5) is 5.82 Å². The van der Waals surface area contributed by atoms with Crippen LogP contribution in [0.3, 0.4) is 0 Å².